The van der Waals surface area contributed by atoms with Gasteiger partial charge < -0.3 is 20.1 Å². The van der Waals surface area contributed by atoms with Crippen molar-refractivity contribution >= 4 is 11.6 Å². The van der Waals surface area contributed by atoms with Gasteiger partial charge in [0, 0.05) is 38.7 Å². The van der Waals surface area contributed by atoms with Crippen molar-refractivity contribution in [2.45, 2.75) is 32.4 Å². The molecule has 2 aliphatic rings. The van der Waals surface area contributed by atoms with Gasteiger partial charge in [-0.3, -0.25) is 4.90 Å². The zero-order chi connectivity index (χ0) is 24.9. The molecule has 0 saturated carbocycles. The number of nitrogens with zero attached hydrogens (tertiary/aromatic N) is 4. The molecule has 0 spiro atoms. The largest absolute Gasteiger partial charge is 0.461 e. The summed E-state index contributed by atoms with van der Waals surface area (Å²) >= 11 is 0. The molecule has 2 aromatic carbocycles. The van der Waals surface area contributed by atoms with E-state index >= 15 is 0 Å². The quantitative estimate of drug-likeness (QED) is 0.354. The second-order valence-electron chi connectivity index (χ2n) is 9.69. The van der Waals surface area contributed by atoms with Gasteiger partial charge in [0.05, 0.1) is 6.61 Å². The lowest BCUT2D eigenvalue weighted by Gasteiger charge is -2.32. The molecule has 188 valence electrons. The standard InChI is InChI=1S/C29H35N5O2/c1-21-17-26-27(30)31-29(36-16-15-35-2)32-28(26)34(18-21)20-23-7-11-25(12-8-23)24-9-5-22(6-10-24)19-33-13-3-4-14-33/h5-12H,1,3-4,13-20H2,2H3,(H2,30,31,32). The highest BCUT2D eigenvalue weighted by Gasteiger charge is 2.25. The van der Waals surface area contributed by atoms with Crippen molar-refractivity contribution in [2.75, 3.05) is 50.6 Å². The van der Waals surface area contributed by atoms with Gasteiger partial charge in [-0.25, -0.2) is 0 Å². The molecule has 36 heavy (non-hydrogen) atoms. The third-order valence-corrected chi connectivity index (χ3v) is 6.88. The fourth-order valence-corrected chi connectivity index (χ4v) is 4.99. The number of likely N-dealkylation sites (tertiary alicyclic amines) is 1. The number of aromatic nitrogens is 2. The van der Waals surface area contributed by atoms with Gasteiger partial charge in [0.1, 0.15) is 18.2 Å². The smallest absolute Gasteiger partial charge is 0.320 e. The molecule has 3 aromatic rings. The van der Waals surface area contributed by atoms with Crippen LogP contribution in [0.1, 0.15) is 29.5 Å². The highest BCUT2D eigenvalue weighted by Crippen LogP contribution is 2.33. The Hall–Kier alpha value is -3.42. The van der Waals surface area contributed by atoms with Crippen molar-refractivity contribution in [3.8, 4) is 17.1 Å². The molecular weight excluding hydrogens is 450 g/mol. The fourth-order valence-electron chi connectivity index (χ4n) is 4.99. The zero-order valence-electron chi connectivity index (χ0n) is 21.1. The van der Waals surface area contributed by atoms with E-state index in [2.05, 4.69) is 74.9 Å². The van der Waals surface area contributed by atoms with Crippen molar-refractivity contribution in [1.29, 1.82) is 0 Å². The van der Waals surface area contributed by atoms with Crippen LogP contribution in [0.5, 0.6) is 6.01 Å². The molecule has 1 aromatic heterocycles. The van der Waals surface area contributed by atoms with Gasteiger partial charge in [-0.15, -0.1) is 0 Å². The number of nitrogen functional groups attached to an aromatic ring is 1. The Bertz CT molecular complexity index is 1190. The molecule has 0 atom stereocenters. The Morgan fingerprint density at radius 1 is 0.889 bits per heavy atom. The number of nitrogens with two attached hydrogens (primary N) is 1. The molecule has 0 unspecified atom stereocenters. The van der Waals surface area contributed by atoms with Crippen LogP contribution in [0.3, 0.4) is 0 Å². The summed E-state index contributed by atoms with van der Waals surface area (Å²) in [6, 6.07) is 18.0. The van der Waals surface area contributed by atoms with Gasteiger partial charge in [0.2, 0.25) is 0 Å². The van der Waals surface area contributed by atoms with Gasteiger partial charge >= 0.3 is 6.01 Å². The maximum atomic E-state index is 6.27. The summed E-state index contributed by atoms with van der Waals surface area (Å²) in [5.41, 5.74) is 13.3. The number of methoxy groups -OCH3 is 1. The minimum Gasteiger partial charge on any atom is -0.461 e. The first-order chi connectivity index (χ1) is 17.6. The van der Waals surface area contributed by atoms with Crippen molar-refractivity contribution < 1.29 is 9.47 Å². The van der Waals surface area contributed by atoms with Crippen LogP contribution < -0.4 is 15.4 Å². The summed E-state index contributed by atoms with van der Waals surface area (Å²) in [5.74, 6) is 1.27. The van der Waals surface area contributed by atoms with Crippen LogP contribution in [0.2, 0.25) is 0 Å². The Kier molecular flexibility index (Phi) is 7.49. The van der Waals surface area contributed by atoms with Gasteiger partial charge in [0.15, 0.2) is 0 Å². The number of anilines is 2. The number of hydrogen-bond acceptors (Lipinski definition) is 7. The average molecular weight is 486 g/mol. The van der Waals surface area contributed by atoms with Crippen LogP contribution >= 0.6 is 0 Å². The van der Waals surface area contributed by atoms with E-state index < -0.39 is 0 Å². The van der Waals surface area contributed by atoms with E-state index in [-0.39, 0.29) is 6.01 Å². The molecule has 0 aliphatic carbocycles. The lowest BCUT2D eigenvalue weighted by atomic mass is 10.00. The van der Waals surface area contributed by atoms with Crippen LogP contribution in [0.25, 0.3) is 11.1 Å². The summed E-state index contributed by atoms with van der Waals surface area (Å²) in [7, 11) is 1.63. The molecule has 0 bridgehead atoms. The van der Waals surface area contributed by atoms with E-state index in [1.807, 2.05) is 0 Å². The molecule has 7 heteroatoms. The molecule has 1 saturated heterocycles. The second-order valence-corrected chi connectivity index (χ2v) is 9.69. The first-order valence-corrected chi connectivity index (χ1v) is 12.7. The molecule has 3 heterocycles. The summed E-state index contributed by atoms with van der Waals surface area (Å²) < 4.78 is 10.7. The Morgan fingerprint density at radius 2 is 1.53 bits per heavy atom. The molecule has 2 aliphatic heterocycles. The van der Waals surface area contributed by atoms with E-state index in [0.29, 0.717) is 32.0 Å². The highest BCUT2D eigenvalue weighted by molar-refractivity contribution is 5.65. The Labute approximate surface area is 213 Å². The fraction of sp³-hybridized carbons (Fsp3) is 0.379. The topological polar surface area (TPSA) is 76.7 Å². The van der Waals surface area contributed by atoms with E-state index in [4.69, 9.17) is 15.2 Å². The van der Waals surface area contributed by atoms with Crippen LogP contribution in [0, 0.1) is 0 Å². The highest BCUT2D eigenvalue weighted by atomic mass is 16.5. The Morgan fingerprint density at radius 3 is 2.17 bits per heavy atom. The van der Waals surface area contributed by atoms with Crippen LogP contribution in [-0.2, 0) is 24.2 Å². The number of ether oxygens (including phenoxy) is 2. The summed E-state index contributed by atoms with van der Waals surface area (Å²) in [6.07, 6.45) is 3.33. The third kappa shape index (κ3) is 5.69. The van der Waals surface area contributed by atoms with E-state index in [0.717, 1.165) is 30.0 Å². The normalized spacial score (nSPS) is 15.8. The first kappa shape index (κ1) is 24.3. The monoisotopic (exact) mass is 485 g/mol. The summed E-state index contributed by atoms with van der Waals surface area (Å²) in [4.78, 5) is 13.7. The van der Waals surface area contributed by atoms with Crippen molar-refractivity contribution in [1.82, 2.24) is 14.9 Å². The van der Waals surface area contributed by atoms with Gasteiger partial charge in [-0.2, -0.15) is 9.97 Å². The average Bonchev–Trinajstić information content (AvgIpc) is 3.39. The molecule has 1 fully saturated rings. The van der Waals surface area contributed by atoms with E-state index in [1.165, 1.54) is 48.2 Å². The predicted molar refractivity (Wildman–Crippen MR) is 144 cm³/mol. The zero-order valence-corrected chi connectivity index (χ0v) is 21.1. The number of fused-ring (bicyclic) bond motifs is 1. The summed E-state index contributed by atoms with van der Waals surface area (Å²) in [5, 5.41) is 0. The third-order valence-electron chi connectivity index (χ3n) is 6.88. The predicted octanol–water partition coefficient (Wildman–Crippen LogP) is 4.47. The Balaban J connectivity index is 1.29. The van der Waals surface area contributed by atoms with Gasteiger partial charge in [-0.1, -0.05) is 60.7 Å². The maximum absolute atomic E-state index is 6.27. The molecule has 7 nitrogen and oxygen atoms in total. The minimum absolute atomic E-state index is 0.282. The SMILES string of the molecule is C=C1Cc2c(N)nc(OCCOC)nc2N(Cc2ccc(-c3ccc(CN4CCCC4)cc3)cc2)C1. The van der Waals surface area contributed by atoms with Crippen molar-refractivity contribution in [2.24, 2.45) is 0 Å². The molecule has 0 amide bonds. The minimum atomic E-state index is 0.282. The summed E-state index contributed by atoms with van der Waals surface area (Å²) in [6.45, 7) is 9.98. The molecule has 5 rings (SSSR count). The van der Waals surface area contributed by atoms with Crippen molar-refractivity contribution in [3.63, 3.8) is 0 Å². The second kappa shape index (κ2) is 11.1. The maximum Gasteiger partial charge on any atom is 0.320 e. The van der Waals surface area contributed by atoms with Crippen LogP contribution in [0.4, 0.5) is 11.6 Å². The molecule has 0 radical (unpaired) electrons. The number of rotatable bonds is 9. The van der Waals surface area contributed by atoms with Crippen LogP contribution in [-0.4, -0.2) is 54.8 Å². The first-order valence-electron chi connectivity index (χ1n) is 12.7. The number of hydrogen-bond donors (Lipinski definition) is 1. The van der Waals surface area contributed by atoms with Gasteiger partial charge in [-0.05, 0) is 48.2 Å². The molecular formula is C29H35N5O2. The molecule has 2 N–H and O–H groups in total. The lowest BCUT2D eigenvalue weighted by molar-refractivity contribution is 0.141. The van der Waals surface area contributed by atoms with E-state index in [1.54, 1.807) is 7.11 Å². The lowest BCUT2D eigenvalue weighted by Crippen LogP contribution is -2.32. The van der Waals surface area contributed by atoms with E-state index in [9.17, 15) is 0 Å². The van der Waals surface area contributed by atoms with Crippen LogP contribution in [0.15, 0.2) is 60.7 Å². The number of benzene rings is 2. The van der Waals surface area contributed by atoms with Gasteiger partial charge in [0.25, 0.3) is 0 Å². The van der Waals surface area contributed by atoms with Crippen molar-refractivity contribution in [3.05, 3.63) is 77.4 Å².